The van der Waals surface area contributed by atoms with Crippen molar-refractivity contribution in [3.63, 3.8) is 0 Å². The van der Waals surface area contributed by atoms with Crippen LogP contribution >= 0.6 is 0 Å². The van der Waals surface area contributed by atoms with Crippen LogP contribution in [-0.2, 0) is 27.6 Å². The van der Waals surface area contributed by atoms with Gasteiger partial charge in [0.15, 0.2) is 11.5 Å². The van der Waals surface area contributed by atoms with Crippen LogP contribution in [0.5, 0.6) is 11.5 Å². The number of aromatic nitrogens is 2. The zero-order valence-corrected chi connectivity index (χ0v) is 17.2. The van der Waals surface area contributed by atoms with Crippen molar-refractivity contribution in [1.29, 1.82) is 0 Å². The van der Waals surface area contributed by atoms with Gasteiger partial charge in [0.25, 0.3) is 5.56 Å². The number of nitrogens with one attached hydrogen (secondary N) is 1. The Morgan fingerprint density at radius 3 is 2.70 bits per heavy atom. The van der Waals surface area contributed by atoms with Crippen molar-refractivity contribution in [3.05, 3.63) is 45.9 Å². The smallest absolute Gasteiger partial charge is 0.267 e. The summed E-state index contributed by atoms with van der Waals surface area (Å²) in [5.41, 5.74) is 1.69. The third-order valence-electron chi connectivity index (χ3n) is 5.73. The second-order valence-corrected chi connectivity index (χ2v) is 9.46. The number of rotatable bonds is 4. The third-order valence-corrected chi connectivity index (χ3v) is 7.21. The minimum atomic E-state index is -3.86. The minimum Gasteiger partial charge on any atom is -0.486 e. The van der Waals surface area contributed by atoms with Crippen molar-refractivity contribution in [1.82, 2.24) is 14.5 Å². The summed E-state index contributed by atoms with van der Waals surface area (Å²) in [6.07, 6.45) is 3.79. The average molecular weight is 433 g/mol. The molecule has 160 valence electrons. The maximum absolute atomic E-state index is 13.0. The first-order valence-corrected chi connectivity index (χ1v) is 11.6. The Morgan fingerprint density at radius 1 is 1.03 bits per heavy atom. The van der Waals surface area contributed by atoms with E-state index in [1.165, 1.54) is 16.8 Å². The number of nitrogens with zero attached hydrogens (tertiary/aromatic N) is 2. The van der Waals surface area contributed by atoms with Gasteiger partial charge in [-0.3, -0.25) is 4.79 Å². The maximum atomic E-state index is 13.0. The minimum absolute atomic E-state index is 0.0724. The molecule has 0 spiro atoms. The summed E-state index contributed by atoms with van der Waals surface area (Å²) in [5, 5.41) is 4.56. The number of ether oxygens (including phenoxy) is 3. The summed E-state index contributed by atoms with van der Waals surface area (Å²) >= 11 is 0. The number of aryl methyl sites for hydroxylation is 2. The van der Waals surface area contributed by atoms with E-state index < -0.39 is 22.1 Å². The van der Waals surface area contributed by atoms with Crippen molar-refractivity contribution >= 4 is 10.0 Å². The summed E-state index contributed by atoms with van der Waals surface area (Å²) in [6, 6.07) is 5.04. The molecular weight excluding hydrogens is 410 g/mol. The van der Waals surface area contributed by atoms with E-state index in [1.807, 2.05) is 0 Å². The molecule has 3 aliphatic rings. The monoisotopic (exact) mass is 433 g/mol. The summed E-state index contributed by atoms with van der Waals surface area (Å²) in [5.74, 6) is 0.919. The Labute approximate surface area is 174 Å². The molecule has 1 saturated heterocycles. The van der Waals surface area contributed by atoms with Gasteiger partial charge in [-0.15, -0.1) is 0 Å². The van der Waals surface area contributed by atoms with Crippen LogP contribution in [0.2, 0.25) is 0 Å². The zero-order valence-electron chi connectivity index (χ0n) is 16.4. The quantitative estimate of drug-likeness (QED) is 0.760. The SMILES string of the molecule is O=c1cc2c(nn1C1COCC1NS(=O)(=O)c1ccc3c(c1)OCCO3)CCCC2. The second kappa shape index (κ2) is 7.68. The summed E-state index contributed by atoms with van der Waals surface area (Å²) < 4.78 is 46.5. The highest BCUT2D eigenvalue weighted by Crippen LogP contribution is 2.32. The van der Waals surface area contributed by atoms with Crippen LogP contribution in [-0.4, -0.2) is 50.7 Å². The lowest BCUT2D eigenvalue weighted by Crippen LogP contribution is -2.44. The molecule has 1 aromatic carbocycles. The van der Waals surface area contributed by atoms with Gasteiger partial charge in [-0.25, -0.2) is 17.8 Å². The van der Waals surface area contributed by atoms with Gasteiger partial charge in [-0.2, -0.15) is 5.10 Å². The van der Waals surface area contributed by atoms with Crippen molar-refractivity contribution < 1.29 is 22.6 Å². The molecule has 10 heteroatoms. The predicted octanol–water partition coefficient (Wildman–Crippen LogP) is 0.812. The molecule has 1 N–H and O–H groups in total. The van der Waals surface area contributed by atoms with Crippen LogP contribution in [0.15, 0.2) is 34.0 Å². The second-order valence-electron chi connectivity index (χ2n) is 7.74. The highest BCUT2D eigenvalue weighted by atomic mass is 32.2. The van der Waals surface area contributed by atoms with Crippen LogP contribution in [0.25, 0.3) is 0 Å². The fourth-order valence-electron chi connectivity index (χ4n) is 4.17. The largest absolute Gasteiger partial charge is 0.486 e. The topological polar surface area (TPSA) is 109 Å². The average Bonchev–Trinajstić information content (AvgIpc) is 3.20. The van der Waals surface area contributed by atoms with Crippen molar-refractivity contribution in [2.75, 3.05) is 26.4 Å². The Hall–Kier alpha value is -2.43. The summed E-state index contributed by atoms with van der Waals surface area (Å²) in [4.78, 5) is 12.7. The van der Waals surface area contributed by atoms with E-state index in [0.29, 0.717) is 24.7 Å². The first kappa shape index (κ1) is 19.5. The predicted molar refractivity (Wildman–Crippen MR) is 107 cm³/mol. The fourth-order valence-corrected chi connectivity index (χ4v) is 5.44. The normalized spacial score (nSPS) is 23.2. The number of hydrogen-bond donors (Lipinski definition) is 1. The van der Waals surface area contributed by atoms with Gasteiger partial charge in [0, 0.05) is 12.1 Å². The third kappa shape index (κ3) is 3.59. The zero-order chi connectivity index (χ0) is 20.7. The van der Waals surface area contributed by atoms with Gasteiger partial charge >= 0.3 is 0 Å². The van der Waals surface area contributed by atoms with E-state index in [1.54, 1.807) is 12.1 Å². The molecular formula is C20H23N3O6S. The molecule has 5 rings (SSSR count). The van der Waals surface area contributed by atoms with E-state index in [4.69, 9.17) is 14.2 Å². The lowest BCUT2D eigenvalue weighted by molar-refractivity contribution is 0.171. The molecule has 0 saturated carbocycles. The maximum Gasteiger partial charge on any atom is 0.267 e. The molecule has 2 aliphatic heterocycles. The van der Waals surface area contributed by atoms with Gasteiger partial charge in [0.1, 0.15) is 13.2 Å². The van der Waals surface area contributed by atoms with Crippen LogP contribution < -0.4 is 19.8 Å². The number of sulfonamides is 1. The fraction of sp³-hybridized carbons (Fsp3) is 0.500. The standard InChI is InChI=1S/C20H23N3O6S/c24-20-9-13-3-1-2-4-15(13)21-23(20)17-12-27-11-16(17)22-30(25,26)14-5-6-18-19(10-14)29-8-7-28-18/h5-6,9-10,16-17,22H,1-4,7-8,11-12H2. The molecule has 1 fully saturated rings. The van der Waals surface area contributed by atoms with Gasteiger partial charge in [-0.05, 0) is 43.4 Å². The molecule has 9 nitrogen and oxygen atoms in total. The molecule has 2 unspecified atom stereocenters. The molecule has 0 amide bonds. The molecule has 2 atom stereocenters. The van der Waals surface area contributed by atoms with E-state index >= 15 is 0 Å². The van der Waals surface area contributed by atoms with E-state index in [-0.39, 0.29) is 23.7 Å². The van der Waals surface area contributed by atoms with E-state index in [0.717, 1.165) is 36.9 Å². The molecule has 1 aliphatic carbocycles. The van der Waals surface area contributed by atoms with Crippen LogP contribution in [0.4, 0.5) is 0 Å². The molecule has 0 bridgehead atoms. The lowest BCUT2D eigenvalue weighted by atomic mass is 9.97. The van der Waals surface area contributed by atoms with Crippen LogP contribution in [0, 0.1) is 0 Å². The highest BCUT2D eigenvalue weighted by Gasteiger charge is 2.35. The molecule has 30 heavy (non-hydrogen) atoms. The summed E-state index contributed by atoms with van der Waals surface area (Å²) in [7, 11) is -3.86. The first-order chi connectivity index (χ1) is 14.5. The highest BCUT2D eigenvalue weighted by molar-refractivity contribution is 7.89. The van der Waals surface area contributed by atoms with Gasteiger partial charge < -0.3 is 14.2 Å². The first-order valence-electron chi connectivity index (χ1n) is 10.1. The summed E-state index contributed by atoms with van der Waals surface area (Å²) in [6.45, 7) is 1.19. The van der Waals surface area contributed by atoms with Gasteiger partial charge in [0.05, 0.1) is 35.9 Å². The Kier molecular flexibility index (Phi) is 5.00. The van der Waals surface area contributed by atoms with Crippen LogP contribution in [0.1, 0.15) is 30.1 Å². The van der Waals surface area contributed by atoms with Crippen molar-refractivity contribution in [3.8, 4) is 11.5 Å². The molecule has 0 radical (unpaired) electrons. The molecule has 3 heterocycles. The van der Waals surface area contributed by atoms with Gasteiger partial charge in [0.2, 0.25) is 10.0 Å². The molecule has 2 aromatic rings. The van der Waals surface area contributed by atoms with Crippen LogP contribution in [0.3, 0.4) is 0 Å². The van der Waals surface area contributed by atoms with Gasteiger partial charge in [-0.1, -0.05) is 0 Å². The Morgan fingerprint density at radius 2 is 1.83 bits per heavy atom. The Bertz CT molecular complexity index is 1130. The lowest BCUT2D eigenvalue weighted by Gasteiger charge is -2.23. The number of hydrogen-bond acceptors (Lipinski definition) is 7. The van der Waals surface area contributed by atoms with E-state index in [2.05, 4.69) is 9.82 Å². The van der Waals surface area contributed by atoms with Crippen molar-refractivity contribution in [2.45, 2.75) is 42.7 Å². The number of benzene rings is 1. The van der Waals surface area contributed by atoms with Crippen molar-refractivity contribution in [2.24, 2.45) is 0 Å². The molecule has 1 aromatic heterocycles. The van der Waals surface area contributed by atoms with E-state index in [9.17, 15) is 13.2 Å². The Balaban J connectivity index is 1.41. The number of fused-ring (bicyclic) bond motifs is 2.